The summed E-state index contributed by atoms with van der Waals surface area (Å²) in [7, 11) is 2.04. The fourth-order valence-corrected chi connectivity index (χ4v) is 3.17. The van der Waals surface area contributed by atoms with Crippen molar-refractivity contribution >= 4 is 33.1 Å². The second kappa shape index (κ2) is 6.20. The molecule has 6 heteroatoms. The summed E-state index contributed by atoms with van der Waals surface area (Å²) in [6.07, 6.45) is 2.59. The van der Waals surface area contributed by atoms with Gasteiger partial charge in [0, 0.05) is 26.2 Å². The van der Waals surface area contributed by atoms with Crippen molar-refractivity contribution < 1.29 is 0 Å². The smallest absolute Gasteiger partial charge is 0.151 e. The number of halogens is 1. The zero-order valence-electron chi connectivity index (χ0n) is 11.3. The molecule has 0 bridgehead atoms. The van der Waals surface area contributed by atoms with Gasteiger partial charge in [-0.3, -0.25) is 0 Å². The zero-order chi connectivity index (χ0) is 13.9. The van der Waals surface area contributed by atoms with Gasteiger partial charge in [0.1, 0.15) is 0 Å². The summed E-state index contributed by atoms with van der Waals surface area (Å²) in [5.74, 6) is 0.905. The highest BCUT2D eigenvalue weighted by Gasteiger charge is 2.20. The second-order valence-corrected chi connectivity index (χ2v) is 7.44. The van der Waals surface area contributed by atoms with E-state index in [-0.39, 0.29) is 0 Å². The van der Waals surface area contributed by atoms with Gasteiger partial charge in [0.15, 0.2) is 5.82 Å². The summed E-state index contributed by atoms with van der Waals surface area (Å²) < 4.78 is 1.16. The van der Waals surface area contributed by atoms with Gasteiger partial charge in [0.2, 0.25) is 0 Å². The molecule has 106 valence electrons. The molecule has 0 unspecified atom stereocenters. The maximum atomic E-state index is 4.31. The van der Waals surface area contributed by atoms with E-state index in [2.05, 4.69) is 53.9 Å². The number of aromatic nitrogens is 2. The van der Waals surface area contributed by atoms with Crippen LogP contribution in [0.3, 0.4) is 0 Å². The van der Waals surface area contributed by atoms with Crippen LogP contribution in [0.4, 0.5) is 5.82 Å². The van der Waals surface area contributed by atoms with Crippen molar-refractivity contribution in [3.63, 3.8) is 0 Å². The molecule has 0 spiro atoms. The molecule has 1 saturated carbocycles. The van der Waals surface area contributed by atoms with Crippen LogP contribution in [0.25, 0.3) is 0 Å². The van der Waals surface area contributed by atoms with Crippen LogP contribution < -0.4 is 10.2 Å². The largest absolute Gasteiger partial charge is 0.354 e. The summed E-state index contributed by atoms with van der Waals surface area (Å²) in [4.78, 5) is 2.11. The molecule has 4 nitrogen and oxygen atoms in total. The third-order valence-electron chi connectivity index (χ3n) is 3.29. The number of hydrogen-bond donors (Lipinski definition) is 1. The van der Waals surface area contributed by atoms with E-state index in [1.165, 1.54) is 18.4 Å². The number of anilines is 1. The topological polar surface area (TPSA) is 41.0 Å². The van der Waals surface area contributed by atoms with Crippen LogP contribution in [0, 0.1) is 0 Å². The van der Waals surface area contributed by atoms with Gasteiger partial charge in [-0.25, -0.2) is 0 Å². The van der Waals surface area contributed by atoms with Gasteiger partial charge < -0.3 is 10.2 Å². The summed E-state index contributed by atoms with van der Waals surface area (Å²) in [6, 6.07) is 6.94. The third kappa shape index (κ3) is 3.77. The molecule has 20 heavy (non-hydrogen) atoms. The van der Waals surface area contributed by atoms with Gasteiger partial charge in [0.25, 0.3) is 0 Å². The lowest BCUT2D eigenvalue weighted by molar-refractivity contribution is 0.664. The van der Waals surface area contributed by atoms with Gasteiger partial charge in [-0.05, 0) is 57.9 Å². The predicted octanol–water partition coefficient (Wildman–Crippen LogP) is 3.19. The first-order valence-corrected chi connectivity index (χ1v) is 8.38. The number of nitrogens with one attached hydrogen (secondary N) is 1. The summed E-state index contributed by atoms with van der Waals surface area (Å²) >= 11 is 5.19. The quantitative estimate of drug-likeness (QED) is 0.866. The molecule has 1 fully saturated rings. The number of thiophene rings is 1. The highest BCUT2D eigenvalue weighted by molar-refractivity contribution is 9.11. The van der Waals surface area contributed by atoms with Crippen LogP contribution in [0.5, 0.6) is 0 Å². The van der Waals surface area contributed by atoms with Crippen molar-refractivity contribution in [2.75, 3.05) is 11.9 Å². The maximum absolute atomic E-state index is 4.31. The van der Waals surface area contributed by atoms with Gasteiger partial charge in [-0.15, -0.1) is 16.4 Å². The van der Waals surface area contributed by atoms with Crippen molar-refractivity contribution in [1.29, 1.82) is 0 Å². The average Bonchev–Trinajstić information content (AvgIpc) is 3.20. The predicted molar refractivity (Wildman–Crippen MR) is 86.0 cm³/mol. The molecule has 1 aliphatic rings. The van der Waals surface area contributed by atoms with Crippen molar-refractivity contribution in [2.45, 2.75) is 32.0 Å². The highest BCUT2D eigenvalue weighted by atomic mass is 79.9. The lowest BCUT2D eigenvalue weighted by Gasteiger charge is -2.16. The highest BCUT2D eigenvalue weighted by Crippen LogP contribution is 2.23. The van der Waals surface area contributed by atoms with Crippen LogP contribution in [0.2, 0.25) is 0 Å². The summed E-state index contributed by atoms with van der Waals surface area (Å²) in [5, 5.41) is 14.2. The number of nitrogens with zero attached hydrogens (tertiary/aromatic N) is 3. The number of rotatable bonds is 6. The Morgan fingerprint density at radius 2 is 2.25 bits per heavy atom. The van der Waals surface area contributed by atoms with E-state index in [1.807, 2.05) is 13.1 Å². The van der Waals surface area contributed by atoms with Gasteiger partial charge in [0.05, 0.1) is 9.48 Å². The Labute approximate surface area is 131 Å². The first-order chi connectivity index (χ1) is 9.70. The van der Waals surface area contributed by atoms with E-state index >= 15 is 0 Å². The van der Waals surface area contributed by atoms with E-state index < -0.39 is 0 Å². The van der Waals surface area contributed by atoms with Crippen molar-refractivity contribution in [1.82, 2.24) is 15.5 Å². The standard InChI is InChI=1S/C14H17BrN4S/c1-19(8-10-6-13(15)20-9-10)14-5-4-12(17-18-14)7-16-11-2-3-11/h4-6,9,11,16H,2-3,7-8H2,1H3. The van der Waals surface area contributed by atoms with Gasteiger partial charge >= 0.3 is 0 Å². The average molecular weight is 353 g/mol. The molecule has 2 aromatic rings. The molecule has 0 amide bonds. The molecule has 0 aliphatic heterocycles. The Morgan fingerprint density at radius 1 is 1.40 bits per heavy atom. The normalized spacial score (nSPS) is 14.5. The van der Waals surface area contributed by atoms with Gasteiger partial charge in [-0.2, -0.15) is 5.10 Å². The fourth-order valence-electron chi connectivity index (χ4n) is 1.97. The van der Waals surface area contributed by atoms with Gasteiger partial charge in [-0.1, -0.05) is 0 Å². The van der Waals surface area contributed by atoms with E-state index in [1.54, 1.807) is 11.3 Å². The lowest BCUT2D eigenvalue weighted by Crippen LogP contribution is -2.19. The van der Waals surface area contributed by atoms with Crippen LogP contribution in [-0.4, -0.2) is 23.3 Å². The van der Waals surface area contributed by atoms with E-state index in [0.717, 1.165) is 28.4 Å². The minimum atomic E-state index is 0.705. The molecule has 2 heterocycles. The van der Waals surface area contributed by atoms with Crippen LogP contribution in [0.1, 0.15) is 24.1 Å². The van der Waals surface area contributed by atoms with Crippen molar-refractivity contribution in [3.8, 4) is 0 Å². The molecule has 0 atom stereocenters. The SMILES string of the molecule is CN(Cc1csc(Br)c1)c1ccc(CNC2CC2)nn1. The monoisotopic (exact) mass is 352 g/mol. The molecule has 0 saturated heterocycles. The Morgan fingerprint density at radius 3 is 2.85 bits per heavy atom. The first-order valence-electron chi connectivity index (χ1n) is 6.71. The molecule has 0 aromatic carbocycles. The number of hydrogen-bond acceptors (Lipinski definition) is 5. The molecular weight excluding hydrogens is 336 g/mol. The van der Waals surface area contributed by atoms with E-state index in [4.69, 9.17) is 0 Å². The Hall–Kier alpha value is -0.980. The van der Waals surface area contributed by atoms with E-state index in [0.29, 0.717) is 6.04 Å². The van der Waals surface area contributed by atoms with Crippen molar-refractivity contribution in [3.05, 3.63) is 38.6 Å². The summed E-state index contributed by atoms with van der Waals surface area (Å²) in [5.41, 5.74) is 2.29. The van der Waals surface area contributed by atoms with Crippen molar-refractivity contribution in [2.24, 2.45) is 0 Å². The molecule has 3 rings (SSSR count). The molecule has 0 radical (unpaired) electrons. The minimum Gasteiger partial charge on any atom is -0.354 e. The zero-order valence-corrected chi connectivity index (χ0v) is 13.7. The second-order valence-electron chi connectivity index (χ2n) is 5.15. The Balaban J connectivity index is 1.57. The first kappa shape index (κ1) is 14.0. The molecular formula is C14H17BrN4S. The van der Waals surface area contributed by atoms with Crippen LogP contribution in [-0.2, 0) is 13.1 Å². The van der Waals surface area contributed by atoms with E-state index in [9.17, 15) is 0 Å². The minimum absolute atomic E-state index is 0.705. The maximum Gasteiger partial charge on any atom is 0.151 e. The molecule has 1 N–H and O–H groups in total. The lowest BCUT2D eigenvalue weighted by atomic mass is 10.3. The van der Waals surface area contributed by atoms with Crippen LogP contribution in [0.15, 0.2) is 27.4 Å². The fraction of sp³-hybridized carbons (Fsp3) is 0.429. The van der Waals surface area contributed by atoms with Crippen LogP contribution >= 0.6 is 27.3 Å². The third-order valence-corrected chi connectivity index (χ3v) is 4.84. The molecule has 2 aromatic heterocycles. The summed E-state index contributed by atoms with van der Waals surface area (Å²) in [6.45, 7) is 1.66. The Bertz CT molecular complexity index is 565. The Kier molecular flexibility index (Phi) is 4.33. The molecule has 1 aliphatic carbocycles.